The van der Waals surface area contributed by atoms with Gasteiger partial charge in [-0.3, -0.25) is 9.59 Å². The van der Waals surface area contributed by atoms with E-state index in [4.69, 9.17) is 16.7 Å². The second-order valence-corrected chi connectivity index (χ2v) is 4.73. The van der Waals surface area contributed by atoms with E-state index in [9.17, 15) is 9.59 Å². The minimum Gasteiger partial charge on any atom is -0.480 e. The molecule has 1 heterocycles. The Morgan fingerprint density at radius 1 is 1.33 bits per heavy atom. The van der Waals surface area contributed by atoms with Crippen LogP contribution in [-0.2, 0) is 16.1 Å². The predicted octanol–water partition coefficient (Wildman–Crippen LogP) is 0.537. The van der Waals surface area contributed by atoms with Gasteiger partial charge in [-0.05, 0) is 29.5 Å². The lowest BCUT2D eigenvalue weighted by Gasteiger charge is -2.13. The molecule has 0 fully saturated rings. The van der Waals surface area contributed by atoms with Gasteiger partial charge in [0.15, 0.2) is 0 Å². The van der Waals surface area contributed by atoms with Crippen LogP contribution in [0.5, 0.6) is 0 Å². The van der Waals surface area contributed by atoms with Crippen molar-refractivity contribution in [2.75, 3.05) is 13.6 Å². The molecule has 2 aromatic rings. The van der Waals surface area contributed by atoms with E-state index >= 15 is 0 Å². The Bertz CT molecular complexity index is 655. The van der Waals surface area contributed by atoms with Crippen LogP contribution in [0.3, 0.4) is 0 Å². The number of amides is 1. The van der Waals surface area contributed by atoms with Crippen molar-refractivity contribution in [1.82, 2.24) is 25.1 Å². The number of carboxylic acids is 1. The number of tetrazole rings is 1. The van der Waals surface area contributed by atoms with Crippen LogP contribution in [0.1, 0.15) is 0 Å². The van der Waals surface area contributed by atoms with E-state index in [1.165, 1.54) is 7.05 Å². The molecule has 0 saturated carbocycles. The molecule has 0 unspecified atom stereocenters. The number of hydrogen-bond donors (Lipinski definition) is 1. The zero-order valence-corrected chi connectivity index (χ0v) is 11.9. The van der Waals surface area contributed by atoms with Gasteiger partial charge in [0.2, 0.25) is 11.7 Å². The monoisotopic (exact) mass is 309 g/mol. The number of carbonyl (C=O) groups is 2. The molecule has 1 aromatic heterocycles. The van der Waals surface area contributed by atoms with Crippen LogP contribution in [0.15, 0.2) is 24.3 Å². The van der Waals surface area contributed by atoms with Gasteiger partial charge < -0.3 is 10.0 Å². The van der Waals surface area contributed by atoms with E-state index in [0.29, 0.717) is 10.8 Å². The molecule has 0 radical (unpaired) electrons. The SMILES string of the molecule is CN(CC(=O)O)C(=O)Cn1nnc(-c2ccc(Cl)cc2)n1. The molecule has 0 aliphatic carbocycles. The number of carboxylic acid groups (broad SMARTS) is 1. The van der Waals surface area contributed by atoms with Crippen LogP contribution in [0, 0.1) is 0 Å². The molecule has 1 N–H and O–H groups in total. The molecule has 0 bridgehead atoms. The van der Waals surface area contributed by atoms with Gasteiger partial charge in [-0.2, -0.15) is 4.80 Å². The highest BCUT2D eigenvalue weighted by Gasteiger charge is 2.14. The summed E-state index contributed by atoms with van der Waals surface area (Å²) in [5, 5.41) is 20.9. The van der Waals surface area contributed by atoms with Crippen molar-refractivity contribution >= 4 is 23.5 Å². The number of aromatic nitrogens is 4. The maximum atomic E-state index is 11.8. The van der Waals surface area contributed by atoms with E-state index in [2.05, 4.69) is 15.4 Å². The van der Waals surface area contributed by atoms with Crippen LogP contribution in [0.2, 0.25) is 5.02 Å². The summed E-state index contributed by atoms with van der Waals surface area (Å²) in [7, 11) is 1.40. The van der Waals surface area contributed by atoms with E-state index in [1.54, 1.807) is 24.3 Å². The van der Waals surface area contributed by atoms with E-state index in [-0.39, 0.29) is 13.1 Å². The van der Waals surface area contributed by atoms with Gasteiger partial charge in [-0.15, -0.1) is 10.2 Å². The van der Waals surface area contributed by atoms with Gasteiger partial charge in [0.05, 0.1) is 0 Å². The zero-order valence-electron chi connectivity index (χ0n) is 11.1. The zero-order chi connectivity index (χ0) is 15.4. The predicted molar refractivity (Wildman–Crippen MR) is 73.5 cm³/mol. The topological polar surface area (TPSA) is 101 Å². The minimum atomic E-state index is -1.08. The molecule has 0 aliphatic heterocycles. The van der Waals surface area contributed by atoms with Crippen molar-refractivity contribution in [3.05, 3.63) is 29.3 Å². The summed E-state index contributed by atoms with van der Waals surface area (Å²) in [6.45, 7) is -0.554. The number of nitrogens with zero attached hydrogens (tertiary/aromatic N) is 5. The number of hydrogen-bond acceptors (Lipinski definition) is 5. The summed E-state index contributed by atoms with van der Waals surface area (Å²) in [5.74, 6) is -1.14. The van der Waals surface area contributed by atoms with Gasteiger partial charge in [-0.1, -0.05) is 11.6 Å². The summed E-state index contributed by atoms with van der Waals surface area (Å²) < 4.78 is 0. The number of halogens is 1. The summed E-state index contributed by atoms with van der Waals surface area (Å²) in [4.78, 5) is 24.5. The summed E-state index contributed by atoms with van der Waals surface area (Å²) in [5.41, 5.74) is 0.719. The minimum absolute atomic E-state index is 0.176. The lowest BCUT2D eigenvalue weighted by molar-refractivity contribution is -0.143. The van der Waals surface area contributed by atoms with Crippen LogP contribution in [-0.4, -0.2) is 55.7 Å². The highest BCUT2D eigenvalue weighted by molar-refractivity contribution is 6.30. The van der Waals surface area contributed by atoms with E-state index < -0.39 is 11.9 Å². The molecule has 8 nitrogen and oxygen atoms in total. The fraction of sp³-hybridized carbons (Fsp3) is 0.250. The highest BCUT2D eigenvalue weighted by Crippen LogP contribution is 2.16. The second kappa shape index (κ2) is 6.31. The molecule has 9 heteroatoms. The second-order valence-electron chi connectivity index (χ2n) is 4.29. The maximum absolute atomic E-state index is 11.8. The van der Waals surface area contributed by atoms with Gasteiger partial charge >= 0.3 is 5.97 Å². The lowest BCUT2D eigenvalue weighted by Crippen LogP contribution is -2.34. The van der Waals surface area contributed by atoms with Crippen molar-refractivity contribution in [2.45, 2.75) is 6.54 Å². The number of carbonyl (C=O) groups excluding carboxylic acids is 1. The molecule has 110 valence electrons. The molecular weight excluding hydrogens is 298 g/mol. The van der Waals surface area contributed by atoms with Crippen molar-refractivity contribution < 1.29 is 14.7 Å². The molecule has 1 aromatic carbocycles. The Morgan fingerprint density at radius 3 is 2.62 bits per heavy atom. The first-order chi connectivity index (χ1) is 9.95. The third kappa shape index (κ3) is 3.99. The normalized spacial score (nSPS) is 10.4. The molecule has 0 atom stereocenters. The lowest BCUT2D eigenvalue weighted by atomic mass is 10.2. The fourth-order valence-corrected chi connectivity index (χ4v) is 1.68. The summed E-state index contributed by atoms with van der Waals surface area (Å²) >= 11 is 5.79. The number of rotatable bonds is 5. The standard InChI is InChI=1S/C12H12ClN5O3/c1-17(7-11(20)21)10(19)6-18-15-12(14-16-18)8-2-4-9(13)5-3-8/h2-5H,6-7H2,1H3,(H,20,21). The Morgan fingerprint density at radius 2 is 2.00 bits per heavy atom. The van der Waals surface area contributed by atoms with Crippen LogP contribution >= 0.6 is 11.6 Å². The van der Waals surface area contributed by atoms with Gasteiger partial charge in [0.1, 0.15) is 13.1 Å². The Kier molecular flexibility index (Phi) is 4.49. The maximum Gasteiger partial charge on any atom is 0.323 e. The van der Waals surface area contributed by atoms with E-state index in [0.717, 1.165) is 15.3 Å². The number of likely N-dealkylation sites (N-methyl/N-ethyl adjacent to an activating group) is 1. The van der Waals surface area contributed by atoms with Crippen molar-refractivity contribution in [3.8, 4) is 11.4 Å². The van der Waals surface area contributed by atoms with Crippen LogP contribution in [0.25, 0.3) is 11.4 Å². The molecule has 1 amide bonds. The Hall–Kier alpha value is -2.48. The van der Waals surface area contributed by atoms with Crippen molar-refractivity contribution in [1.29, 1.82) is 0 Å². The summed E-state index contributed by atoms with van der Waals surface area (Å²) in [6, 6.07) is 6.87. The fourth-order valence-electron chi connectivity index (χ4n) is 1.56. The molecule has 0 saturated heterocycles. The van der Waals surface area contributed by atoms with Gasteiger partial charge in [0.25, 0.3) is 0 Å². The smallest absolute Gasteiger partial charge is 0.323 e. The molecule has 2 rings (SSSR count). The Balaban J connectivity index is 2.05. The van der Waals surface area contributed by atoms with Crippen LogP contribution < -0.4 is 0 Å². The van der Waals surface area contributed by atoms with Gasteiger partial charge in [-0.25, -0.2) is 0 Å². The molecule has 0 spiro atoms. The Labute approximate surface area is 124 Å². The van der Waals surface area contributed by atoms with Crippen molar-refractivity contribution in [2.24, 2.45) is 0 Å². The quantitative estimate of drug-likeness (QED) is 0.865. The largest absolute Gasteiger partial charge is 0.480 e. The first-order valence-electron chi connectivity index (χ1n) is 5.95. The molecule has 0 aliphatic rings. The third-order valence-electron chi connectivity index (χ3n) is 2.63. The number of aliphatic carboxylic acids is 1. The average molecular weight is 310 g/mol. The van der Waals surface area contributed by atoms with Gasteiger partial charge in [0, 0.05) is 17.6 Å². The number of benzene rings is 1. The first kappa shape index (κ1) is 14.9. The molecule has 21 heavy (non-hydrogen) atoms. The third-order valence-corrected chi connectivity index (χ3v) is 2.88. The average Bonchev–Trinajstić information content (AvgIpc) is 2.87. The first-order valence-corrected chi connectivity index (χ1v) is 6.33. The molecular formula is C12H12ClN5O3. The van der Waals surface area contributed by atoms with E-state index in [1.807, 2.05) is 0 Å². The summed E-state index contributed by atoms with van der Waals surface area (Å²) in [6.07, 6.45) is 0. The van der Waals surface area contributed by atoms with Crippen molar-refractivity contribution in [3.63, 3.8) is 0 Å². The van der Waals surface area contributed by atoms with Crippen LogP contribution in [0.4, 0.5) is 0 Å². The highest BCUT2D eigenvalue weighted by atomic mass is 35.5.